The van der Waals surface area contributed by atoms with E-state index < -0.39 is 0 Å². The molecule has 1 atom stereocenters. The zero-order valence-electron chi connectivity index (χ0n) is 21.7. The van der Waals surface area contributed by atoms with E-state index in [1.54, 1.807) is 12.1 Å². The van der Waals surface area contributed by atoms with Crippen LogP contribution in [0.25, 0.3) is 5.57 Å². The summed E-state index contributed by atoms with van der Waals surface area (Å²) in [5.74, 6) is 3.60. The van der Waals surface area contributed by atoms with Gasteiger partial charge in [-0.15, -0.1) is 0 Å². The Bertz CT molecular complexity index is 1100. The Morgan fingerprint density at radius 1 is 1.11 bits per heavy atom. The largest absolute Gasteiger partial charge is 0.490 e. The summed E-state index contributed by atoms with van der Waals surface area (Å²) in [5.41, 5.74) is 3.17. The topological polar surface area (TPSA) is 58.6 Å². The maximum absolute atomic E-state index is 14.9. The first kappa shape index (κ1) is 26.0. The van der Waals surface area contributed by atoms with Crippen molar-refractivity contribution in [1.82, 2.24) is 14.9 Å². The lowest BCUT2D eigenvalue weighted by Crippen LogP contribution is -2.41. The van der Waals surface area contributed by atoms with Gasteiger partial charge in [-0.1, -0.05) is 19.1 Å². The summed E-state index contributed by atoms with van der Waals surface area (Å²) in [7, 11) is 0. The fourth-order valence-electron chi connectivity index (χ4n) is 5.38. The zero-order valence-corrected chi connectivity index (χ0v) is 22.5. The van der Waals surface area contributed by atoms with E-state index in [1.165, 1.54) is 0 Å². The monoisotopic (exact) mass is 524 g/mol. The van der Waals surface area contributed by atoms with E-state index in [1.807, 2.05) is 35.1 Å². The highest BCUT2D eigenvalue weighted by molar-refractivity contribution is 7.99. The van der Waals surface area contributed by atoms with Crippen LogP contribution in [0.4, 0.5) is 10.3 Å². The number of hydrogen-bond acceptors (Lipinski definition) is 6. The highest BCUT2D eigenvalue weighted by Crippen LogP contribution is 2.33. The smallest absolute Gasteiger partial charge is 0.226 e. The first-order valence-electron chi connectivity index (χ1n) is 13.6. The molecule has 0 radical (unpaired) electrons. The highest BCUT2D eigenvalue weighted by atomic mass is 32.2. The standard InChI is InChI=1S/C29H37FN4O2S/c1-2-21-18-31-29(32-19-21)34-11-9-22(10-12-34)20-36-27-8-7-25(17-26(27)30)23-3-5-24(6-4-23)28(35)33-13-15-37-16-14-33/h3,7-8,17-19,22,24H,2,4-6,9-16,20H2,1H3. The van der Waals surface area contributed by atoms with Crippen LogP contribution in [0.5, 0.6) is 5.75 Å². The van der Waals surface area contributed by atoms with Crippen LogP contribution < -0.4 is 9.64 Å². The Morgan fingerprint density at radius 2 is 1.86 bits per heavy atom. The van der Waals surface area contributed by atoms with E-state index >= 15 is 0 Å². The number of allylic oxidation sites excluding steroid dienone is 2. The Hall–Kier alpha value is -2.61. The van der Waals surface area contributed by atoms with Gasteiger partial charge in [0, 0.05) is 56.0 Å². The second kappa shape index (κ2) is 12.3. The maximum atomic E-state index is 14.9. The minimum Gasteiger partial charge on any atom is -0.490 e. The highest BCUT2D eigenvalue weighted by Gasteiger charge is 2.28. The fraction of sp³-hybridized carbons (Fsp3) is 0.552. The van der Waals surface area contributed by atoms with Crippen LogP contribution in [-0.2, 0) is 11.2 Å². The van der Waals surface area contributed by atoms with Gasteiger partial charge in [-0.05, 0) is 73.3 Å². The molecule has 0 N–H and O–H groups in total. The predicted octanol–water partition coefficient (Wildman–Crippen LogP) is 5.23. The van der Waals surface area contributed by atoms with Gasteiger partial charge in [0.2, 0.25) is 11.9 Å². The summed E-state index contributed by atoms with van der Waals surface area (Å²) in [6.07, 6.45) is 11.2. The van der Waals surface area contributed by atoms with Crippen LogP contribution in [-0.4, -0.2) is 65.1 Å². The summed E-state index contributed by atoms with van der Waals surface area (Å²) in [4.78, 5) is 26.0. The molecule has 2 aromatic rings. The molecule has 2 fully saturated rings. The average Bonchev–Trinajstić information content (AvgIpc) is 2.97. The van der Waals surface area contributed by atoms with Crippen molar-refractivity contribution in [2.24, 2.45) is 11.8 Å². The summed E-state index contributed by atoms with van der Waals surface area (Å²) >= 11 is 1.92. The summed E-state index contributed by atoms with van der Waals surface area (Å²) in [5, 5.41) is 0. The molecule has 1 aromatic carbocycles. The third-order valence-corrected chi connectivity index (χ3v) is 8.80. The minimum atomic E-state index is -0.315. The summed E-state index contributed by atoms with van der Waals surface area (Å²) in [6, 6.07) is 5.30. The summed E-state index contributed by atoms with van der Waals surface area (Å²) in [6.45, 7) is 6.11. The number of hydrogen-bond donors (Lipinski definition) is 0. The number of amides is 1. The molecule has 0 bridgehead atoms. The van der Waals surface area contributed by atoms with Crippen molar-refractivity contribution in [3.8, 4) is 5.75 Å². The molecular weight excluding hydrogens is 487 g/mol. The lowest BCUT2D eigenvalue weighted by Gasteiger charge is -2.32. The van der Waals surface area contributed by atoms with Crippen molar-refractivity contribution in [1.29, 1.82) is 0 Å². The molecule has 5 rings (SSSR count). The molecule has 3 aliphatic rings. The van der Waals surface area contributed by atoms with Crippen molar-refractivity contribution in [3.63, 3.8) is 0 Å². The molecule has 1 aromatic heterocycles. The van der Waals surface area contributed by atoms with Crippen LogP contribution in [0.1, 0.15) is 50.2 Å². The predicted molar refractivity (Wildman–Crippen MR) is 147 cm³/mol. The van der Waals surface area contributed by atoms with E-state index in [0.717, 1.165) is 98.9 Å². The first-order valence-corrected chi connectivity index (χ1v) is 14.8. The Kier molecular flexibility index (Phi) is 8.64. The molecule has 198 valence electrons. The number of thioether (sulfide) groups is 1. The molecule has 3 heterocycles. The molecule has 0 spiro atoms. The van der Waals surface area contributed by atoms with Gasteiger partial charge in [-0.2, -0.15) is 11.8 Å². The molecule has 37 heavy (non-hydrogen) atoms. The third kappa shape index (κ3) is 6.46. The van der Waals surface area contributed by atoms with Gasteiger partial charge in [0.25, 0.3) is 0 Å². The number of halogens is 1. The number of carbonyl (C=O) groups excluding carboxylic acids is 1. The molecule has 1 unspecified atom stereocenters. The molecular formula is C29H37FN4O2S. The second-order valence-corrected chi connectivity index (χ2v) is 11.5. The Balaban J connectivity index is 1.10. The molecule has 1 amide bonds. The lowest BCUT2D eigenvalue weighted by molar-refractivity contribution is -0.135. The first-order chi connectivity index (χ1) is 18.1. The number of benzene rings is 1. The normalized spacial score (nSPS) is 21.0. The molecule has 6 nitrogen and oxygen atoms in total. The number of rotatable bonds is 7. The quantitative estimate of drug-likeness (QED) is 0.494. The number of ether oxygens (including phenoxy) is 1. The molecule has 2 aliphatic heterocycles. The fourth-order valence-corrected chi connectivity index (χ4v) is 6.28. The van der Waals surface area contributed by atoms with Gasteiger partial charge >= 0.3 is 0 Å². The average molecular weight is 525 g/mol. The van der Waals surface area contributed by atoms with Gasteiger partial charge in [0.05, 0.1) is 6.61 Å². The van der Waals surface area contributed by atoms with Crippen molar-refractivity contribution in [2.75, 3.05) is 49.2 Å². The number of aryl methyl sites for hydroxylation is 1. The lowest BCUT2D eigenvalue weighted by atomic mass is 9.85. The second-order valence-electron chi connectivity index (χ2n) is 10.3. The van der Waals surface area contributed by atoms with Crippen LogP contribution in [0.2, 0.25) is 0 Å². The van der Waals surface area contributed by atoms with Gasteiger partial charge in [-0.3, -0.25) is 4.79 Å². The van der Waals surface area contributed by atoms with Crippen molar-refractivity contribution in [2.45, 2.75) is 45.4 Å². The Labute approximate surface area is 223 Å². The Morgan fingerprint density at radius 3 is 2.51 bits per heavy atom. The molecule has 2 saturated heterocycles. The van der Waals surface area contributed by atoms with E-state index in [9.17, 15) is 9.18 Å². The van der Waals surface area contributed by atoms with Gasteiger partial charge < -0.3 is 14.5 Å². The van der Waals surface area contributed by atoms with Crippen LogP contribution in [0, 0.1) is 17.7 Å². The van der Waals surface area contributed by atoms with E-state index in [4.69, 9.17) is 4.74 Å². The zero-order chi connectivity index (χ0) is 25.6. The SMILES string of the molecule is CCc1cnc(N2CCC(COc3ccc(C4=CCC(C(=O)N5CCSCC5)CC4)cc3F)CC2)nc1. The van der Waals surface area contributed by atoms with Crippen molar-refractivity contribution in [3.05, 3.63) is 53.6 Å². The van der Waals surface area contributed by atoms with Crippen LogP contribution in [0.15, 0.2) is 36.7 Å². The number of piperidine rings is 1. The number of aromatic nitrogens is 2. The van der Waals surface area contributed by atoms with Crippen LogP contribution >= 0.6 is 11.8 Å². The van der Waals surface area contributed by atoms with E-state index in [0.29, 0.717) is 24.2 Å². The summed E-state index contributed by atoms with van der Waals surface area (Å²) < 4.78 is 20.8. The molecule has 8 heteroatoms. The van der Waals surface area contributed by atoms with Crippen LogP contribution in [0.3, 0.4) is 0 Å². The van der Waals surface area contributed by atoms with Crippen molar-refractivity contribution >= 4 is 29.2 Å². The van der Waals surface area contributed by atoms with Crippen molar-refractivity contribution < 1.29 is 13.9 Å². The third-order valence-electron chi connectivity index (χ3n) is 7.86. The van der Waals surface area contributed by atoms with E-state index in [2.05, 4.69) is 27.9 Å². The maximum Gasteiger partial charge on any atom is 0.226 e. The van der Waals surface area contributed by atoms with Gasteiger partial charge in [0.15, 0.2) is 11.6 Å². The minimum absolute atomic E-state index is 0.0630. The number of carbonyl (C=O) groups is 1. The molecule has 1 aliphatic carbocycles. The number of nitrogens with zero attached hydrogens (tertiary/aromatic N) is 4. The molecule has 0 saturated carbocycles. The van der Waals surface area contributed by atoms with Gasteiger partial charge in [-0.25, -0.2) is 14.4 Å². The van der Waals surface area contributed by atoms with E-state index in [-0.39, 0.29) is 11.7 Å². The van der Waals surface area contributed by atoms with Gasteiger partial charge in [0.1, 0.15) is 0 Å². The number of anilines is 1.